The maximum Gasteiger partial charge on any atom is 0.234 e. The summed E-state index contributed by atoms with van der Waals surface area (Å²) in [4.78, 5) is 13.4. The Morgan fingerprint density at radius 2 is 2.16 bits per heavy atom. The first-order valence-corrected chi connectivity index (χ1v) is 8.24. The highest BCUT2D eigenvalue weighted by molar-refractivity contribution is 5.80. The van der Waals surface area contributed by atoms with Crippen molar-refractivity contribution in [1.29, 1.82) is 5.26 Å². The number of benzene rings is 1. The largest absolute Gasteiger partial charge is 0.368 e. The highest BCUT2D eigenvalue weighted by atomic mass is 19.1. The van der Waals surface area contributed by atoms with E-state index in [0.29, 0.717) is 19.5 Å². The normalized spacial score (nSPS) is 20.5. The second kappa shape index (κ2) is 7.45. The molecular formula is C18H20FN5O. The van der Waals surface area contributed by atoms with Gasteiger partial charge in [-0.05, 0) is 0 Å². The molecule has 3 rings (SSSR count). The van der Waals surface area contributed by atoms with Gasteiger partial charge in [0.2, 0.25) is 5.91 Å². The summed E-state index contributed by atoms with van der Waals surface area (Å²) in [5.41, 5.74) is 8.04. The lowest BCUT2D eigenvalue weighted by Gasteiger charge is -2.21. The fourth-order valence-corrected chi connectivity index (χ4v) is 3.23. The highest BCUT2D eigenvalue weighted by Gasteiger charge is 2.36. The number of nitrogens with zero attached hydrogens (tertiary/aromatic N) is 4. The van der Waals surface area contributed by atoms with Crippen LogP contribution >= 0.6 is 0 Å². The van der Waals surface area contributed by atoms with E-state index < -0.39 is 18.1 Å². The van der Waals surface area contributed by atoms with Gasteiger partial charge in [-0.2, -0.15) is 10.4 Å². The van der Waals surface area contributed by atoms with Crippen LogP contribution in [0.5, 0.6) is 0 Å². The Kier molecular flexibility index (Phi) is 5.10. The average molecular weight is 341 g/mol. The van der Waals surface area contributed by atoms with Gasteiger partial charge in [-0.1, -0.05) is 30.3 Å². The van der Waals surface area contributed by atoms with Gasteiger partial charge in [0.15, 0.2) is 0 Å². The maximum absolute atomic E-state index is 13.8. The molecule has 2 heterocycles. The average Bonchev–Trinajstić information content (AvgIpc) is 3.17. The predicted octanol–water partition coefficient (Wildman–Crippen LogP) is 1.86. The van der Waals surface area contributed by atoms with Gasteiger partial charge in [0.25, 0.3) is 0 Å². The van der Waals surface area contributed by atoms with Crippen molar-refractivity contribution < 1.29 is 9.18 Å². The summed E-state index contributed by atoms with van der Waals surface area (Å²) in [5, 5.41) is 13.4. The first-order valence-electron chi connectivity index (χ1n) is 8.24. The number of amides is 1. The van der Waals surface area contributed by atoms with Crippen LogP contribution in [0.15, 0.2) is 36.5 Å². The smallest absolute Gasteiger partial charge is 0.234 e. The SMILES string of the molecule is N#CCCn1cc(CN2C[C@H](F)C[C@H]2C(N)=O)c(-c2ccccc2)n1. The number of carbonyl (C=O) groups is 1. The zero-order chi connectivity index (χ0) is 17.8. The van der Waals surface area contributed by atoms with Crippen molar-refractivity contribution in [3.63, 3.8) is 0 Å². The molecule has 0 aliphatic carbocycles. The maximum atomic E-state index is 13.8. The molecule has 0 unspecified atom stereocenters. The van der Waals surface area contributed by atoms with Crippen LogP contribution in [0.1, 0.15) is 18.4 Å². The molecule has 1 aromatic carbocycles. The van der Waals surface area contributed by atoms with Gasteiger partial charge in [-0.3, -0.25) is 14.4 Å². The quantitative estimate of drug-likeness (QED) is 0.869. The number of aryl methyl sites for hydroxylation is 1. The number of hydrogen-bond donors (Lipinski definition) is 1. The third-order valence-corrected chi connectivity index (χ3v) is 4.39. The number of aromatic nitrogens is 2. The molecule has 1 aliphatic rings. The molecule has 25 heavy (non-hydrogen) atoms. The zero-order valence-corrected chi connectivity index (χ0v) is 13.8. The van der Waals surface area contributed by atoms with Crippen molar-refractivity contribution in [2.45, 2.75) is 38.1 Å². The molecule has 0 saturated carbocycles. The van der Waals surface area contributed by atoms with Crippen LogP contribution in [-0.2, 0) is 17.9 Å². The second-order valence-corrected chi connectivity index (χ2v) is 6.22. The summed E-state index contributed by atoms with van der Waals surface area (Å²) in [6, 6.07) is 11.2. The fraction of sp³-hybridized carbons (Fsp3) is 0.389. The number of likely N-dealkylation sites (tertiary alicyclic amines) is 1. The summed E-state index contributed by atoms with van der Waals surface area (Å²) in [7, 11) is 0. The van der Waals surface area contributed by atoms with Crippen molar-refractivity contribution in [2.75, 3.05) is 6.54 Å². The molecule has 0 spiro atoms. The molecule has 1 amide bonds. The van der Waals surface area contributed by atoms with Gasteiger partial charge in [0, 0.05) is 36.8 Å². The molecule has 6 nitrogen and oxygen atoms in total. The van der Waals surface area contributed by atoms with Crippen molar-refractivity contribution in [2.24, 2.45) is 5.73 Å². The Morgan fingerprint density at radius 1 is 1.40 bits per heavy atom. The first-order chi connectivity index (χ1) is 12.1. The predicted molar refractivity (Wildman–Crippen MR) is 90.8 cm³/mol. The van der Waals surface area contributed by atoms with Crippen molar-refractivity contribution in [3.8, 4) is 17.3 Å². The Hall–Kier alpha value is -2.72. The van der Waals surface area contributed by atoms with Gasteiger partial charge in [-0.25, -0.2) is 4.39 Å². The van der Waals surface area contributed by atoms with Crippen LogP contribution < -0.4 is 5.73 Å². The summed E-state index contributed by atoms with van der Waals surface area (Å²) in [5.74, 6) is -0.502. The summed E-state index contributed by atoms with van der Waals surface area (Å²) >= 11 is 0. The number of carbonyl (C=O) groups excluding carboxylic acids is 1. The molecule has 2 atom stereocenters. The lowest BCUT2D eigenvalue weighted by atomic mass is 10.1. The van der Waals surface area contributed by atoms with Gasteiger partial charge in [-0.15, -0.1) is 0 Å². The van der Waals surface area contributed by atoms with Crippen molar-refractivity contribution in [1.82, 2.24) is 14.7 Å². The zero-order valence-electron chi connectivity index (χ0n) is 13.8. The molecule has 1 aliphatic heterocycles. The second-order valence-electron chi connectivity index (χ2n) is 6.22. The van der Waals surface area contributed by atoms with E-state index in [0.717, 1.165) is 16.8 Å². The molecule has 2 N–H and O–H groups in total. The van der Waals surface area contributed by atoms with E-state index in [-0.39, 0.29) is 13.0 Å². The Morgan fingerprint density at radius 3 is 2.84 bits per heavy atom. The number of halogens is 1. The van der Waals surface area contributed by atoms with Crippen LogP contribution in [0.25, 0.3) is 11.3 Å². The topological polar surface area (TPSA) is 87.9 Å². The van der Waals surface area contributed by atoms with Crippen molar-refractivity contribution in [3.05, 3.63) is 42.1 Å². The van der Waals surface area contributed by atoms with Crippen LogP contribution in [0, 0.1) is 11.3 Å². The number of nitrogens with two attached hydrogens (primary N) is 1. The molecule has 0 bridgehead atoms. The third kappa shape index (κ3) is 3.86. The fourth-order valence-electron chi connectivity index (χ4n) is 3.23. The van der Waals surface area contributed by atoms with Gasteiger partial charge in [0.1, 0.15) is 6.17 Å². The number of alkyl halides is 1. The summed E-state index contributed by atoms with van der Waals surface area (Å²) in [6.45, 7) is 1.07. The van der Waals surface area contributed by atoms with Crippen LogP contribution in [0.2, 0.25) is 0 Å². The van der Waals surface area contributed by atoms with Crippen LogP contribution in [0.4, 0.5) is 4.39 Å². The number of hydrogen-bond acceptors (Lipinski definition) is 4. The molecule has 2 aromatic rings. The van der Waals surface area contributed by atoms with E-state index in [4.69, 9.17) is 11.0 Å². The van der Waals surface area contributed by atoms with E-state index in [2.05, 4.69) is 11.2 Å². The Bertz CT molecular complexity index is 783. The number of nitriles is 1. The standard InChI is InChI=1S/C18H20FN5O/c19-15-9-16(18(21)25)23(12-15)10-14-11-24(8-4-7-20)22-17(14)13-5-2-1-3-6-13/h1-3,5-6,11,15-16H,4,8-10,12H2,(H2,21,25)/t15-,16+/m1/s1. The molecule has 1 saturated heterocycles. The summed E-state index contributed by atoms with van der Waals surface area (Å²) < 4.78 is 15.5. The minimum Gasteiger partial charge on any atom is -0.368 e. The Balaban J connectivity index is 1.90. The highest BCUT2D eigenvalue weighted by Crippen LogP contribution is 2.27. The lowest BCUT2D eigenvalue weighted by molar-refractivity contribution is -0.122. The molecule has 0 radical (unpaired) electrons. The third-order valence-electron chi connectivity index (χ3n) is 4.39. The first kappa shape index (κ1) is 17.1. The lowest BCUT2D eigenvalue weighted by Crippen LogP contribution is -2.39. The Labute approximate surface area is 145 Å². The van der Waals surface area contributed by atoms with Gasteiger partial charge >= 0.3 is 0 Å². The van der Waals surface area contributed by atoms with Crippen LogP contribution in [-0.4, -0.2) is 39.3 Å². The van der Waals surface area contributed by atoms with Crippen molar-refractivity contribution >= 4 is 5.91 Å². The van der Waals surface area contributed by atoms with E-state index >= 15 is 0 Å². The van der Waals surface area contributed by atoms with E-state index in [1.165, 1.54) is 0 Å². The van der Waals surface area contributed by atoms with E-state index in [1.54, 1.807) is 9.58 Å². The molecular weight excluding hydrogens is 321 g/mol. The summed E-state index contributed by atoms with van der Waals surface area (Å²) in [6.07, 6.45) is 1.31. The van der Waals surface area contributed by atoms with E-state index in [1.807, 2.05) is 36.5 Å². The van der Waals surface area contributed by atoms with Gasteiger partial charge in [0.05, 0.1) is 30.8 Å². The van der Waals surface area contributed by atoms with Crippen LogP contribution in [0.3, 0.4) is 0 Å². The molecule has 7 heteroatoms. The van der Waals surface area contributed by atoms with Gasteiger partial charge < -0.3 is 5.73 Å². The number of rotatable bonds is 6. The van der Waals surface area contributed by atoms with E-state index in [9.17, 15) is 9.18 Å². The minimum atomic E-state index is -1.05. The molecule has 130 valence electrons. The molecule has 1 aromatic heterocycles. The minimum absolute atomic E-state index is 0.137. The number of primary amides is 1. The monoisotopic (exact) mass is 341 g/mol. The molecule has 1 fully saturated rings.